The number of sulfonamides is 1. The van der Waals surface area contributed by atoms with Crippen LogP contribution in [0.5, 0.6) is 0 Å². The minimum atomic E-state index is -3.90. The molecule has 3 aromatic rings. The minimum absolute atomic E-state index is 0.0126. The van der Waals surface area contributed by atoms with Gasteiger partial charge in [-0.25, -0.2) is 8.42 Å². The molecule has 2 N–H and O–H groups in total. The molecule has 0 fully saturated rings. The fourth-order valence-electron chi connectivity index (χ4n) is 2.85. The van der Waals surface area contributed by atoms with Crippen LogP contribution in [0.4, 0.5) is 11.4 Å². The number of hydrogen-bond acceptors (Lipinski definition) is 3. The number of hydrogen-bond donors (Lipinski definition) is 2. The summed E-state index contributed by atoms with van der Waals surface area (Å²) in [6, 6.07) is 14.6. The topological polar surface area (TPSA) is 75.3 Å². The van der Waals surface area contributed by atoms with Crippen LogP contribution >= 0.6 is 23.2 Å². The van der Waals surface area contributed by atoms with Crippen molar-refractivity contribution in [2.45, 2.75) is 25.7 Å². The zero-order valence-corrected chi connectivity index (χ0v) is 18.9. The van der Waals surface area contributed by atoms with Crippen LogP contribution in [0.3, 0.4) is 0 Å². The highest BCUT2D eigenvalue weighted by Gasteiger charge is 2.20. The van der Waals surface area contributed by atoms with E-state index in [9.17, 15) is 13.2 Å². The SMILES string of the molecule is Cc1ccc(NS(=O)(=O)c2cc(C(=O)Nc3c(Cl)cccc3Cl)ccc2C)cc1C. The number of aryl methyl sites for hydroxylation is 3. The van der Waals surface area contributed by atoms with Gasteiger partial charge in [0.15, 0.2) is 0 Å². The third kappa shape index (κ3) is 4.78. The van der Waals surface area contributed by atoms with Gasteiger partial charge in [-0.2, -0.15) is 0 Å². The Kier molecular flexibility index (Phi) is 6.41. The minimum Gasteiger partial charge on any atom is -0.319 e. The van der Waals surface area contributed by atoms with Crippen LogP contribution in [-0.2, 0) is 10.0 Å². The molecule has 3 rings (SSSR count). The average molecular weight is 463 g/mol. The number of para-hydroxylation sites is 1. The normalized spacial score (nSPS) is 11.2. The maximum atomic E-state index is 13.0. The number of amides is 1. The summed E-state index contributed by atoms with van der Waals surface area (Å²) in [7, 11) is -3.90. The second-order valence-corrected chi connectivity index (χ2v) is 9.40. The smallest absolute Gasteiger partial charge is 0.262 e. The van der Waals surface area contributed by atoms with E-state index in [1.807, 2.05) is 19.9 Å². The molecule has 5 nitrogen and oxygen atoms in total. The van der Waals surface area contributed by atoms with Crippen molar-refractivity contribution in [3.05, 3.63) is 86.9 Å². The van der Waals surface area contributed by atoms with Crippen LogP contribution in [0.25, 0.3) is 0 Å². The van der Waals surface area contributed by atoms with Gasteiger partial charge in [-0.15, -0.1) is 0 Å². The Bertz CT molecular complexity index is 1220. The predicted octanol–water partition coefficient (Wildman–Crippen LogP) is 5.97. The number of nitrogens with one attached hydrogen (secondary N) is 2. The van der Waals surface area contributed by atoms with Crippen LogP contribution < -0.4 is 10.0 Å². The summed E-state index contributed by atoms with van der Waals surface area (Å²) in [5.74, 6) is -0.521. The first-order valence-corrected chi connectivity index (χ1v) is 11.3. The van der Waals surface area contributed by atoms with Crippen molar-refractivity contribution in [2.75, 3.05) is 10.0 Å². The molecule has 0 aromatic heterocycles. The second-order valence-electron chi connectivity index (χ2n) is 6.94. The van der Waals surface area contributed by atoms with Gasteiger partial charge >= 0.3 is 0 Å². The van der Waals surface area contributed by atoms with Gasteiger partial charge in [0.25, 0.3) is 15.9 Å². The fourth-order valence-corrected chi connectivity index (χ4v) is 4.66. The van der Waals surface area contributed by atoms with Gasteiger partial charge in [-0.05, 0) is 73.9 Å². The van der Waals surface area contributed by atoms with E-state index in [1.165, 1.54) is 6.07 Å². The van der Waals surface area contributed by atoms with Crippen LogP contribution in [0, 0.1) is 20.8 Å². The molecule has 0 saturated carbocycles. The Hall–Kier alpha value is -2.54. The van der Waals surface area contributed by atoms with Gasteiger partial charge in [-0.1, -0.05) is 41.4 Å². The van der Waals surface area contributed by atoms with E-state index in [4.69, 9.17) is 23.2 Å². The molecular weight excluding hydrogens is 443 g/mol. The van der Waals surface area contributed by atoms with Crippen LogP contribution in [-0.4, -0.2) is 14.3 Å². The van der Waals surface area contributed by atoms with Gasteiger partial charge in [0.05, 0.1) is 20.6 Å². The first-order chi connectivity index (χ1) is 14.1. The fraction of sp³-hybridized carbons (Fsp3) is 0.136. The highest BCUT2D eigenvalue weighted by Crippen LogP contribution is 2.30. The Morgan fingerprint density at radius 3 is 2.10 bits per heavy atom. The molecular formula is C22H20Cl2N2O3S. The van der Waals surface area contributed by atoms with Crippen LogP contribution in [0.2, 0.25) is 10.0 Å². The van der Waals surface area contributed by atoms with E-state index in [1.54, 1.807) is 49.4 Å². The number of rotatable bonds is 5. The van der Waals surface area contributed by atoms with Crippen LogP contribution in [0.15, 0.2) is 59.5 Å². The predicted molar refractivity (Wildman–Crippen MR) is 122 cm³/mol. The third-order valence-electron chi connectivity index (χ3n) is 4.70. The Balaban J connectivity index is 1.92. The van der Waals surface area contributed by atoms with E-state index in [0.29, 0.717) is 11.3 Å². The molecule has 0 aliphatic rings. The molecule has 30 heavy (non-hydrogen) atoms. The Labute approximate surface area is 186 Å². The molecule has 0 atom stereocenters. The second kappa shape index (κ2) is 8.68. The lowest BCUT2D eigenvalue weighted by atomic mass is 10.1. The monoisotopic (exact) mass is 462 g/mol. The van der Waals surface area contributed by atoms with Crippen molar-refractivity contribution >= 4 is 50.5 Å². The lowest BCUT2D eigenvalue weighted by Crippen LogP contribution is -2.17. The number of halogens is 2. The van der Waals surface area contributed by atoms with Crippen molar-refractivity contribution in [2.24, 2.45) is 0 Å². The zero-order chi connectivity index (χ0) is 22.1. The number of anilines is 2. The van der Waals surface area contributed by atoms with E-state index >= 15 is 0 Å². The summed E-state index contributed by atoms with van der Waals surface area (Å²) in [6.45, 7) is 5.52. The van der Waals surface area contributed by atoms with Crippen molar-refractivity contribution in [3.8, 4) is 0 Å². The Morgan fingerprint density at radius 1 is 0.833 bits per heavy atom. The number of carbonyl (C=O) groups excluding carboxylic acids is 1. The maximum absolute atomic E-state index is 13.0. The summed E-state index contributed by atoms with van der Waals surface area (Å²) < 4.78 is 28.5. The molecule has 1 amide bonds. The Morgan fingerprint density at radius 2 is 1.47 bits per heavy atom. The van der Waals surface area contributed by atoms with E-state index < -0.39 is 15.9 Å². The summed E-state index contributed by atoms with van der Waals surface area (Å²) in [5.41, 5.74) is 3.43. The standard InChI is InChI=1S/C22H20Cl2N2O3S/c1-13-8-10-17(11-15(13)3)26-30(28,29)20-12-16(9-7-14(20)2)22(27)25-21-18(23)5-4-6-19(21)24/h4-12,26H,1-3H3,(H,25,27). The number of carbonyl (C=O) groups is 1. The van der Waals surface area contributed by atoms with Crippen LogP contribution in [0.1, 0.15) is 27.0 Å². The molecule has 0 aliphatic carbocycles. The van der Waals surface area contributed by atoms with Crippen molar-refractivity contribution in [3.63, 3.8) is 0 Å². The average Bonchev–Trinajstić information content (AvgIpc) is 2.67. The number of benzene rings is 3. The van der Waals surface area contributed by atoms with Gasteiger partial charge in [0.2, 0.25) is 0 Å². The van der Waals surface area contributed by atoms with Crippen molar-refractivity contribution in [1.82, 2.24) is 0 Å². The zero-order valence-electron chi connectivity index (χ0n) is 16.6. The molecule has 0 radical (unpaired) electrons. The van der Waals surface area contributed by atoms with Gasteiger partial charge in [-0.3, -0.25) is 9.52 Å². The molecule has 3 aromatic carbocycles. The van der Waals surface area contributed by atoms with E-state index in [2.05, 4.69) is 10.0 Å². The molecule has 0 bridgehead atoms. The molecule has 156 valence electrons. The van der Waals surface area contributed by atoms with E-state index in [0.717, 1.165) is 11.1 Å². The summed E-state index contributed by atoms with van der Waals surface area (Å²) in [6.07, 6.45) is 0. The lowest BCUT2D eigenvalue weighted by Gasteiger charge is -2.14. The van der Waals surface area contributed by atoms with Gasteiger partial charge in [0, 0.05) is 11.3 Å². The first-order valence-electron chi connectivity index (χ1n) is 9.04. The lowest BCUT2D eigenvalue weighted by molar-refractivity contribution is 0.102. The molecule has 0 heterocycles. The van der Waals surface area contributed by atoms with Gasteiger partial charge in [0.1, 0.15) is 0 Å². The molecule has 0 aliphatic heterocycles. The third-order valence-corrected chi connectivity index (χ3v) is 6.85. The summed E-state index contributed by atoms with van der Waals surface area (Å²) >= 11 is 12.2. The molecule has 8 heteroatoms. The molecule has 0 unspecified atom stereocenters. The first kappa shape index (κ1) is 22.2. The van der Waals surface area contributed by atoms with Crippen molar-refractivity contribution in [1.29, 1.82) is 0 Å². The molecule has 0 saturated heterocycles. The largest absolute Gasteiger partial charge is 0.319 e. The summed E-state index contributed by atoms with van der Waals surface area (Å²) in [4.78, 5) is 12.7. The maximum Gasteiger partial charge on any atom is 0.262 e. The van der Waals surface area contributed by atoms with Gasteiger partial charge < -0.3 is 5.32 Å². The summed E-state index contributed by atoms with van der Waals surface area (Å²) in [5, 5.41) is 3.21. The van der Waals surface area contributed by atoms with Crippen molar-refractivity contribution < 1.29 is 13.2 Å². The quantitative estimate of drug-likeness (QED) is 0.490. The molecule has 0 spiro atoms. The highest BCUT2D eigenvalue weighted by atomic mass is 35.5. The van der Waals surface area contributed by atoms with E-state index in [-0.39, 0.29) is 26.2 Å². The highest BCUT2D eigenvalue weighted by molar-refractivity contribution is 7.92.